The zero-order valence-corrected chi connectivity index (χ0v) is 7.13. The van der Waals surface area contributed by atoms with Gasteiger partial charge in [-0.25, -0.2) is 0 Å². The lowest BCUT2D eigenvalue weighted by Gasteiger charge is -2.36. The van der Waals surface area contributed by atoms with E-state index in [-0.39, 0.29) is 24.4 Å². The highest BCUT2D eigenvalue weighted by Crippen LogP contribution is 2.18. The number of ether oxygens (including phenoxy) is 2. The van der Waals surface area contributed by atoms with Crippen molar-refractivity contribution in [1.29, 1.82) is 0 Å². The Bertz CT molecular complexity index is 87.8. The van der Waals surface area contributed by atoms with Gasteiger partial charge in [0, 0.05) is 0 Å². The summed E-state index contributed by atoms with van der Waals surface area (Å²) in [6, 6.07) is 0. The highest BCUT2D eigenvalue weighted by molar-refractivity contribution is 4.73. The summed E-state index contributed by atoms with van der Waals surface area (Å²) < 4.78 is 11.2. The Morgan fingerprint density at radius 2 is 0.800 bits per heavy atom. The molecule has 4 atom stereocenters. The van der Waals surface area contributed by atoms with Gasteiger partial charge in [-0.3, -0.25) is 0 Å². The van der Waals surface area contributed by atoms with Crippen LogP contribution in [0.4, 0.5) is 0 Å². The summed E-state index contributed by atoms with van der Waals surface area (Å²) in [4.78, 5) is 0. The SMILES string of the molecule is CC1OC(C)C(C)OC1C. The molecule has 0 radical (unpaired) electrons. The third-order valence-electron chi connectivity index (χ3n) is 2.18. The molecule has 0 bridgehead atoms. The topological polar surface area (TPSA) is 18.5 Å². The first-order valence-electron chi connectivity index (χ1n) is 3.92. The smallest absolute Gasteiger partial charge is 0.0811 e. The number of rotatable bonds is 0. The predicted molar refractivity (Wildman–Crippen MR) is 40.0 cm³/mol. The fourth-order valence-corrected chi connectivity index (χ4v) is 1.12. The Hall–Kier alpha value is -0.0800. The van der Waals surface area contributed by atoms with Crippen LogP contribution in [0.25, 0.3) is 0 Å². The molecule has 0 aromatic rings. The van der Waals surface area contributed by atoms with Gasteiger partial charge in [-0.05, 0) is 27.7 Å². The van der Waals surface area contributed by atoms with Crippen LogP contribution in [0.2, 0.25) is 0 Å². The summed E-state index contributed by atoms with van der Waals surface area (Å²) in [6.45, 7) is 8.19. The van der Waals surface area contributed by atoms with Crippen molar-refractivity contribution < 1.29 is 9.47 Å². The first-order valence-corrected chi connectivity index (χ1v) is 3.92. The van der Waals surface area contributed by atoms with Crippen LogP contribution in [0.3, 0.4) is 0 Å². The second-order valence-electron chi connectivity index (χ2n) is 3.09. The molecule has 1 heterocycles. The first-order chi connectivity index (χ1) is 4.61. The molecule has 1 fully saturated rings. The van der Waals surface area contributed by atoms with Crippen LogP contribution in [0.15, 0.2) is 0 Å². The van der Waals surface area contributed by atoms with E-state index in [0.29, 0.717) is 0 Å². The number of hydrogen-bond acceptors (Lipinski definition) is 2. The molecule has 1 aliphatic rings. The van der Waals surface area contributed by atoms with Crippen molar-refractivity contribution in [2.45, 2.75) is 52.1 Å². The molecule has 1 aliphatic heterocycles. The fraction of sp³-hybridized carbons (Fsp3) is 1.00. The molecule has 1 saturated heterocycles. The molecule has 1 rings (SSSR count). The molecule has 60 valence electrons. The molecular formula is C8H16O2. The summed E-state index contributed by atoms with van der Waals surface area (Å²) in [5, 5.41) is 0. The highest BCUT2D eigenvalue weighted by Gasteiger charge is 2.28. The lowest BCUT2D eigenvalue weighted by Crippen LogP contribution is -2.44. The van der Waals surface area contributed by atoms with Gasteiger partial charge in [0.25, 0.3) is 0 Å². The first kappa shape index (κ1) is 8.02. The van der Waals surface area contributed by atoms with Crippen LogP contribution in [0, 0.1) is 0 Å². The van der Waals surface area contributed by atoms with E-state index in [2.05, 4.69) is 0 Å². The van der Waals surface area contributed by atoms with Gasteiger partial charge in [0.2, 0.25) is 0 Å². The molecular weight excluding hydrogens is 128 g/mol. The molecule has 0 spiro atoms. The maximum Gasteiger partial charge on any atom is 0.0811 e. The van der Waals surface area contributed by atoms with Crippen molar-refractivity contribution in [3.05, 3.63) is 0 Å². The normalized spacial score (nSPS) is 49.2. The molecule has 0 aromatic carbocycles. The Balaban J connectivity index is 2.46. The van der Waals surface area contributed by atoms with Crippen LogP contribution in [0.5, 0.6) is 0 Å². The Kier molecular flexibility index (Phi) is 2.32. The molecule has 0 N–H and O–H groups in total. The van der Waals surface area contributed by atoms with E-state index in [1.165, 1.54) is 0 Å². The van der Waals surface area contributed by atoms with Gasteiger partial charge >= 0.3 is 0 Å². The van der Waals surface area contributed by atoms with Crippen molar-refractivity contribution in [3.63, 3.8) is 0 Å². The second kappa shape index (κ2) is 2.89. The zero-order valence-electron chi connectivity index (χ0n) is 7.13. The molecule has 0 aliphatic carbocycles. The third kappa shape index (κ3) is 1.50. The Labute approximate surface area is 62.5 Å². The summed E-state index contributed by atoms with van der Waals surface area (Å²) in [6.07, 6.45) is 0.967. The van der Waals surface area contributed by atoms with E-state index in [0.717, 1.165) is 0 Å². The van der Waals surface area contributed by atoms with E-state index < -0.39 is 0 Å². The average molecular weight is 144 g/mol. The Morgan fingerprint density at radius 3 is 1.00 bits per heavy atom. The van der Waals surface area contributed by atoms with Gasteiger partial charge in [0.15, 0.2) is 0 Å². The summed E-state index contributed by atoms with van der Waals surface area (Å²) in [5.41, 5.74) is 0. The average Bonchev–Trinajstić information content (AvgIpc) is 1.84. The van der Waals surface area contributed by atoms with Crippen molar-refractivity contribution in [3.8, 4) is 0 Å². The van der Waals surface area contributed by atoms with E-state index >= 15 is 0 Å². The van der Waals surface area contributed by atoms with Gasteiger partial charge in [0.05, 0.1) is 24.4 Å². The standard InChI is InChI=1S/C8H16O2/c1-5-6(2)10-8(4)7(3)9-5/h5-8H,1-4H3. The van der Waals surface area contributed by atoms with Crippen molar-refractivity contribution in [1.82, 2.24) is 0 Å². The third-order valence-corrected chi connectivity index (χ3v) is 2.18. The molecule has 0 aromatic heterocycles. The molecule has 10 heavy (non-hydrogen) atoms. The van der Waals surface area contributed by atoms with Crippen molar-refractivity contribution in [2.24, 2.45) is 0 Å². The summed E-state index contributed by atoms with van der Waals surface area (Å²) in [7, 11) is 0. The predicted octanol–water partition coefficient (Wildman–Crippen LogP) is 1.59. The van der Waals surface area contributed by atoms with E-state index in [9.17, 15) is 0 Å². The molecule has 0 saturated carbocycles. The molecule has 0 amide bonds. The van der Waals surface area contributed by atoms with Gasteiger partial charge in [-0.15, -0.1) is 0 Å². The summed E-state index contributed by atoms with van der Waals surface area (Å²) >= 11 is 0. The fourth-order valence-electron chi connectivity index (χ4n) is 1.12. The lowest BCUT2D eigenvalue weighted by atomic mass is 10.1. The maximum atomic E-state index is 5.59. The van der Waals surface area contributed by atoms with E-state index in [1.807, 2.05) is 27.7 Å². The number of hydrogen-bond donors (Lipinski definition) is 0. The zero-order chi connectivity index (χ0) is 7.72. The van der Waals surface area contributed by atoms with Crippen LogP contribution in [0.1, 0.15) is 27.7 Å². The van der Waals surface area contributed by atoms with E-state index in [4.69, 9.17) is 9.47 Å². The van der Waals surface area contributed by atoms with Crippen LogP contribution < -0.4 is 0 Å². The van der Waals surface area contributed by atoms with Gasteiger partial charge < -0.3 is 9.47 Å². The minimum atomic E-state index is 0.242. The van der Waals surface area contributed by atoms with Crippen LogP contribution >= 0.6 is 0 Å². The largest absolute Gasteiger partial charge is 0.370 e. The monoisotopic (exact) mass is 144 g/mol. The van der Waals surface area contributed by atoms with Gasteiger partial charge in [-0.1, -0.05) is 0 Å². The van der Waals surface area contributed by atoms with Crippen LogP contribution in [-0.4, -0.2) is 24.4 Å². The van der Waals surface area contributed by atoms with E-state index in [1.54, 1.807) is 0 Å². The summed E-state index contributed by atoms with van der Waals surface area (Å²) in [5.74, 6) is 0. The van der Waals surface area contributed by atoms with Gasteiger partial charge in [-0.2, -0.15) is 0 Å². The van der Waals surface area contributed by atoms with Crippen LogP contribution in [-0.2, 0) is 9.47 Å². The van der Waals surface area contributed by atoms with Crippen molar-refractivity contribution >= 4 is 0 Å². The lowest BCUT2D eigenvalue weighted by molar-refractivity contribution is -0.197. The highest BCUT2D eigenvalue weighted by atomic mass is 16.6. The maximum absolute atomic E-state index is 5.59. The molecule has 4 unspecified atom stereocenters. The van der Waals surface area contributed by atoms with Gasteiger partial charge in [0.1, 0.15) is 0 Å². The molecule has 2 nitrogen and oxygen atoms in total. The quantitative estimate of drug-likeness (QED) is 0.514. The van der Waals surface area contributed by atoms with Crippen molar-refractivity contribution in [2.75, 3.05) is 0 Å². The molecule has 2 heteroatoms. The minimum absolute atomic E-state index is 0.242. The minimum Gasteiger partial charge on any atom is -0.370 e. The Morgan fingerprint density at radius 1 is 0.600 bits per heavy atom. The second-order valence-corrected chi connectivity index (χ2v) is 3.09.